The first-order valence-electron chi connectivity index (χ1n) is 6.93. The largest absolute Gasteiger partial charge is 0.293 e. The second-order valence-electron chi connectivity index (χ2n) is 4.96. The lowest BCUT2D eigenvalue weighted by molar-refractivity contribution is -0.109. The molecule has 0 heterocycles. The van der Waals surface area contributed by atoms with Crippen LogP contribution >= 0.6 is 23.4 Å². The van der Waals surface area contributed by atoms with Crippen LogP contribution < -0.4 is 4.72 Å². The van der Waals surface area contributed by atoms with Crippen molar-refractivity contribution in [3.05, 3.63) is 58.9 Å². The fourth-order valence-corrected chi connectivity index (χ4v) is 3.66. The standard InChI is InChI=1S/C16H13ClFNO4S2/c1-10(20)24-9-15(21)11-2-5-13(6-3-11)19-25(22,23)16-7-4-12(17)8-14(16)18/h2-8,19H,9H2,1H3. The van der Waals surface area contributed by atoms with E-state index in [4.69, 9.17) is 11.6 Å². The summed E-state index contributed by atoms with van der Waals surface area (Å²) in [4.78, 5) is 22.2. The van der Waals surface area contributed by atoms with Crippen molar-refractivity contribution in [3.63, 3.8) is 0 Å². The van der Waals surface area contributed by atoms with Crippen LogP contribution in [0, 0.1) is 5.82 Å². The Morgan fingerprint density at radius 1 is 1.16 bits per heavy atom. The maximum atomic E-state index is 13.8. The van der Waals surface area contributed by atoms with Gasteiger partial charge in [-0.15, -0.1) is 0 Å². The Hall–Kier alpha value is -1.90. The number of carbonyl (C=O) groups is 2. The molecule has 0 radical (unpaired) electrons. The van der Waals surface area contributed by atoms with Crippen LogP contribution in [0.3, 0.4) is 0 Å². The number of ketones is 1. The summed E-state index contributed by atoms with van der Waals surface area (Å²) in [7, 11) is -4.13. The predicted molar refractivity (Wildman–Crippen MR) is 96.1 cm³/mol. The summed E-state index contributed by atoms with van der Waals surface area (Å²) < 4.78 is 40.5. The second kappa shape index (κ2) is 7.99. The lowest BCUT2D eigenvalue weighted by atomic mass is 10.1. The molecule has 0 spiro atoms. The van der Waals surface area contributed by atoms with Gasteiger partial charge in [0, 0.05) is 23.2 Å². The first-order valence-corrected chi connectivity index (χ1v) is 9.78. The minimum absolute atomic E-state index is 0.0103. The number of benzene rings is 2. The van der Waals surface area contributed by atoms with E-state index in [-0.39, 0.29) is 27.4 Å². The van der Waals surface area contributed by atoms with Gasteiger partial charge < -0.3 is 0 Å². The smallest absolute Gasteiger partial charge is 0.264 e. The van der Waals surface area contributed by atoms with Crippen molar-refractivity contribution in [2.75, 3.05) is 10.5 Å². The number of carbonyl (C=O) groups excluding carboxylic acids is 2. The molecular formula is C16H13ClFNO4S2. The molecule has 0 bridgehead atoms. The number of Topliss-reactive ketones (excluding diaryl/α,β-unsaturated/α-hetero) is 1. The minimum Gasteiger partial charge on any atom is -0.293 e. The van der Waals surface area contributed by atoms with Crippen LogP contribution in [-0.4, -0.2) is 25.1 Å². The highest BCUT2D eigenvalue weighted by Gasteiger charge is 2.19. The number of hydrogen-bond acceptors (Lipinski definition) is 5. The van der Waals surface area contributed by atoms with Crippen LogP contribution in [0.1, 0.15) is 17.3 Å². The third-order valence-electron chi connectivity index (χ3n) is 3.05. The van der Waals surface area contributed by atoms with Crippen molar-refractivity contribution in [1.82, 2.24) is 0 Å². The number of nitrogens with one attached hydrogen (secondary N) is 1. The van der Waals surface area contributed by atoms with E-state index in [0.717, 1.165) is 23.9 Å². The van der Waals surface area contributed by atoms with Gasteiger partial charge >= 0.3 is 0 Å². The molecular weight excluding hydrogens is 389 g/mol. The first-order chi connectivity index (χ1) is 11.7. The van der Waals surface area contributed by atoms with E-state index in [2.05, 4.69) is 4.72 Å². The molecule has 0 atom stereocenters. The van der Waals surface area contributed by atoms with Crippen molar-refractivity contribution < 1.29 is 22.4 Å². The zero-order chi connectivity index (χ0) is 18.6. The fraction of sp³-hybridized carbons (Fsp3) is 0.125. The monoisotopic (exact) mass is 401 g/mol. The topological polar surface area (TPSA) is 80.3 Å². The predicted octanol–water partition coefficient (Wildman–Crippen LogP) is 3.74. The van der Waals surface area contributed by atoms with Gasteiger partial charge in [0.2, 0.25) is 0 Å². The first kappa shape index (κ1) is 19.4. The van der Waals surface area contributed by atoms with Gasteiger partial charge in [0.1, 0.15) is 10.7 Å². The van der Waals surface area contributed by atoms with Gasteiger partial charge in [-0.1, -0.05) is 23.4 Å². The van der Waals surface area contributed by atoms with Gasteiger partial charge in [-0.25, -0.2) is 12.8 Å². The van der Waals surface area contributed by atoms with Gasteiger partial charge in [0.25, 0.3) is 10.0 Å². The number of thioether (sulfide) groups is 1. The molecule has 0 fully saturated rings. The molecule has 0 amide bonds. The second-order valence-corrected chi connectivity index (χ2v) is 8.20. The van der Waals surface area contributed by atoms with Crippen molar-refractivity contribution in [2.24, 2.45) is 0 Å². The van der Waals surface area contributed by atoms with E-state index in [1.807, 2.05) is 0 Å². The Balaban J connectivity index is 2.15. The summed E-state index contributed by atoms with van der Waals surface area (Å²) in [5.41, 5.74) is 0.513. The molecule has 0 aliphatic heterocycles. The van der Waals surface area contributed by atoms with E-state index < -0.39 is 20.7 Å². The molecule has 5 nitrogen and oxygen atoms in total. The van der Waals surface area contributed by atoms with Crippen molar-refractivity contribution >= 4 is 50.0 Å². The highest BCUT2D eigenvalue weighted by Crippen LogP contribution is 2.22. The number of sulfonamides is 1. The van der Waals surface area contributed by atoms with Gasteiger partial charge in [-0.2, -0.15) is 0 Å². The lowest BCUT2D eigenvalue weighted by Crippen LogP contribution is -2.14. The Morgan fingerprint density at radius 2 is 1.80 bits per heavy atom. The quantitative estimate of drug-likeness (QED) is 0.746. The zero-order valence-corrected chi connectivity index (χ0v) is 15.3. The average Bonchev–Trinajstić information content (AvgIpc) is 2.52. The molecule has 0 aliphatic rings. The van der Waals surface area contributed by atoms with Crippen molar-refractivity contribution in [1.29, 1.82) is 0 Å². The minimum atomic E-state index is -4.13. The fourth-order valence-electron chi connectivity index (χ4n) is 1.88. The molecule has 2 aromatic carbocycles. The lowest BCUT2D eigenvalue weighted by Gasteiger charge is -2.09. The average molecular weight is 402 g/mol. The summed E-state index contributed by atoms with van der Waals surface area (Å²) in [5, 5.41) is -0.0783. The Bertz CT molecular complexity index is 914. The van der Waals surface area contributed by atoms with Crippen LogP contribution in [0.25, 0.3) is 0 Å². The summed E-state index contributed by atoms with van der Waals surface area (Å²) in [5.74, 6) is -1.21. The van der Waals surface area contributed by atoms with E-state index in [1.165, 1.54) is 37.3 Å². The highest BCUT2D eigenvalue weighted by atomic mass is 35.5. The number of rotatable bonds is 6. The molecule has 132 valence electrons. The third kappa shape index (κ3) is 5.29. The van der Waals surface area contributed by atoms with Gasteiger partial charge in [-0.3, -0.25) is 14.3 Å². The number of anilines is 1. The highest BCUT2D eigenvalue weighted by molar-refractivity contribution is 8.14. The molecule has 2 rings (SSSR count). The van der Waals surface area contributed by atoms with E-state index in [0.29, 0.717) is 5.56 Å². The van der Waals surface area contributed by atoms with E-state index in [9.17, 15) is 22.4 Å². The maximum Gasteiger partial charge on any atom is 0.264 e. The van der Waals surface area contributed by atoms with Crippen LogP contribution in [0.2, 0.25) is 5.02 Å². The van der Waals surface area contributed by atoms with Crippen LogP contribution in [0.15, 0.2) is 47.4 Å². The molecule has 1 N–H and O–H groups in total. The van der Waals surface area contributed by atoms with Crippen LogP contribution in [-0.2, 0) is 14.8 Å². The van der Waals surface area contributed by atoms with E-state index in [1.54, 1.807) is 0 Å². The number of hydrogen-bond donors (Lipinski definition) is 1. The molecule has 0 saturated heterocycles. The van der Waals surface area contributed by atoms with E-state index >= 15 is 0 Å². The van der Waals surface area contributed by atoms with Gasteiger partial charge in [-0.05, 0) is 42.5 Å². The Labute approximate surface area is 153 Å². The van der Waals surface area contributed by atoms with Crippen molar-refractivity contribution in [3.8, 4) is 0 Å². The molecule has 9 heteroatoms. The summed E-state index contributed by atoms with van der Waals surface area (Å²) in [6, 6.07) is 8.88. The zero-order valence-electron chi connectivity index (χ0n) is 13.0. The molecule has 0 unspecified atom stereocenters. The summed E-state index contributed by atoms with van der Waals surface area (Å²) >= 11 is 6.51. The SMILES string of the molecule is CC(=O)SCC(=O)c1ccc(NS(=O)(=O)c2ccc(Cl)cc2F)cc1. The Morgan fingerprint density at radius 3 is 2.36 bits per heavy atom. The summed E-state index contributed by atoms with van der Waals surface area (Å²) in [6.07, 6.45) is 0. The maximum absolute atomic E-state index is 13.8. The molecule has 0 aromatic heterocycles. The molecule has 0 aliphatic carbocycles. The summed E-state index contributed by atoms with van der Waals surface area (Å²) in [6.45, 7) is 1.37. The Kier molecular flexibility index (Phi) is 6.21. The van der Waals surface area contributed by atoms with Gasteiger partial charge in [0.05, 0.1) is 5.75 Å². The number of halogens is 2. The van der Waals surface area contributed by atoms with Gasteiger partial charge in [0.15, 0.2) is 10.9 Å². The third-order valence-corrected chi connectivity index (χ3v) is 5.51. The van der Waals surface area contributed by atoms with Crippen LogP contribution in [0.4, 0.5) is 10.1 Å². The molecule has 25 heavy (non-hydrogen) atoms. The van der Waals surface area contributed by atoms with Crippen molar-refractivity contribution in [2.45, 2.75) is 11.8 Å². The molecule has 2 aromatic rings. The molecule has 0 saturated carbocycles. The normalized spacial score (nSPS) is 11.2. The van der Waals surface area contributed by atoms with Crippen LogP contribution in [0.5, 0.6) is 0 Å².